The number of alkyl halides is 3. The molecule has 12 heavy (non-hydrogen) atoms. The molecule has 0 amide bonds. The molecule has 0 unspecified atom stereocenters. The zero-order chi connectivity index (χ0) is 9.78. The Morgan fingerprint density at radius 2 is 2.17 bits per heavy atom. The maximum atomic E-state index is 11.5. The highest BCUT2D eigenvalue weighted by atomic mass is 19.4. The molecule has 0 aromatic rings. The molecule has 0 saturated heterocycles. The molecule has 5 heteroatoms. The van der Waals surface area contributed by atoms with Crippen LogP contribution in [0.15, 0.2) is 12.7 Å². The summed E-state index contributed by atoms with van der Waals surface area (Å²) in [6, 6.07) is 0. The number of hydrogen-bond donors (Lipinski definition) is 0. The van der Waals surface area contributed by atoms with Crippen molar-refractivity contribution >= 4 is 5.97 Å². The second-order valence-electron chi connectivity index (χ2n) is 2.24. The van der Waals surface area contributed by atoms with Crippen LogP contribution in [0.25, 0.3) is 0 Å². The fourth-order valence-corrected chi connectivity index (χ4v) is 0.532. The van der Waals surface area contributed by atoms with Crippen molar-refractivity contribution in [2.24, 2.45) is 0 Å². The van der Waals surface area contributed by atoms with Crippen LogP contribution in [0.3, 0.4) is 0 Å². The molecule has 0 rings (SSSR count). The van der Waals surface area contributed by atoms with E-state index in [1.165, 1.54) is 13.0 Å². The SMILES string of the molecule is C=CC[C@@H](C)OC(=O)C(F)(F)F. The van der Waals surface area contributed by atoms with Crippen molar-refractivity contribution in [3.8, 4) is 0 Å². The van der Waals surface area contributed by atoms with Gasteiger partial charge in [0.1, 0.15) is 6.10 Å². The van der Waals surface area contributed by atoms with E-state index in [0.29, 0.717) is 0 Å². The Bertz CT molecular complexity index is 174. The Morgan fingerprint density at radius 1 is 1.67 bits per heavy atom. The van der Waals surface area contributed by atoms with Crippen LogP contribution in [0.5, 0.6) is 0 Å². The van der Waals surface area contributed by atoms with Gasteiger partial charge in [-0.15, -0.1) is 6.58 Å². The highest BCUT2D eigenvalue weighted by Gasteiger charge is 2.41. The zero-order valence-electron chi connectivity index (χ0n) is 6.52. The van der Waals surface area contributed by atoms with Crippen molar-refractivity contribution < 1.29 is 22.7 Å². The lowest BCUT2D eigenvalue weighted by Gasteiger charge is -2.12. The van der Waals surface area contributed by atoms with Gasteiger partial charge >= 0.3 is 12.1 Å². The van der Waals surface area contributed by atoms with Gasteiger partial charge in [-0.3, -0.25) is 0 Å². The predicted octanol–water partition coefficient (Wildman–Crippen LogP) is 2.06. The number of ether oxygens (including phenoxy) is 1. The van der Waals surface area contributed by atoms with Gasteiger partial charge in [-0.2, -0.15) is 13.2 Å². The summed E-state index contributed by atoms with van der Waals surface area (Å²) in [6.07, 6.45) is -4.09. The van der Waals surface area contributed by atoms with E-state index in [-0.39, 0.29) is 6.42 Å². The number of halogens is 3. The summed E-state index contributed by atoms with van der Waals surface area (Å²) in [4.78, 5) is 10.2. The smallest absolute Gasteiger partial charge is 0.456 e. The first kappa shape index (κ1) is 11.0. The molecule has 0 aliphatic heterocycles. The van der Waals surface area contributed by atoms with Gasteiger partial charge in [0.05, 0.1) is 0 Å². The molecule has 0 spiro atoms. The van der Waals surface area contributed by atoms with Crippen LogP contribution in [0.2, 0.25) is 0 Å². The minimum Gasteiger partial charge on any atom is -0.456 e. The Balaban J connectivity index is 3.92. The Labute approximate surface area is 68.0 Å². The summed E-state index contributed by atoms with van der Waals surface area (Å²) in [5.74, 6) is -2.16. The van der Waals surface area contributed by atoms with Gasteiger partial charge in [0.2, 0.25) is 0 Å². The fraction of sp³-hybridized carbons (Fsp3) is 0.571. The molecule has 0 N–H and O–H groups in total. The van der Waals surface area contributed by atoms with Crippen LogP contribution in [-0.2, 0) is 9.53 Å². The van der Waals surface area contributed by atoms with Crippen molar-refractivity contribution in [1.29, 1.82) is 0 Å². The van der Waals surface area contributed by atoms with E-state index >= 15 is 0 Å². The number of hydrogen-bond acceptors (Lipinski definition) is 2. The molecule has 0 aromatic carbocycles. The maximum Gasteiger partial charge on any atom is 0.490 e. The van der Waals surface area contributed by atoms with E-state index in [9.17, 15) is 18.0 Å². The van der Waals surface area contributed by atoms with E-state index < -0.39 is 18.2 Å². The Kier molecular flexibility index (Phi) is 3.79. The number of carbonyl (C=O) groups is 1. The van der Waals surface area contributed by atoms with Crippen LogP contribution in [0.1, 0.15) is 13.3 Å². The average Bonchev–Trinajstić information content (AvgIpc) is 1.85. The van der Waals surface area contributed by atoms with Gasteiger partial charge in [0.25, 0.3) is 0 Å². The first-order chi connectivity index (χ1) is 5.38. The van der Waals surface area contributed by atoms with Crippen molar-refractivity contribution in [2.45, 2.75) is 25.6 Å². The first-order valence-corrected chi connectivity index (χ1v) is 3.26. The lowest BCUT2D eigenvalue weighted by atomic mass is 10.3. The Morgan fingerprint density at radius 3 is 2.50 bits per heavy atom. The molecule has 2 nitrogen and oxygen atoms in total. The van der Waals surface area contributed by atoms with Gasteiger partial charge in [-0.1, -0.05) is 6.08 Å². The third-order valence-corrected chi connectivity index (χ3v) is 1.04. The molecule has 0 aromatic heterocycles. The van der Waals surface area contributed by atoms with E-state index in [2.05, 4.69) is 11.3 Å². The molecular formula is C7H9F3O2. The van der Waals surface area contributed by atoms with Gasteiger partial charge in [-0.05, 0) is 6.92 Å². The molecule has 0 fully saturated rings. The molecule has 0 aliphatic rings. The molecule has 1 atom stereocenters. The van der Waals surface area contributed by atoms with Crippen LogP contribution in [0, 0.1) is 0 Å². The normalized spacial score (nSPS) is 13.7. The summed E-state index contributed by atoms with van der Waals surface area (Å²) >= 11 is 0. The third kappa shape index (κ3) is 4.00. The van der Waals surface area contributed by atoms with Crippen LogP contribution in [0.4, 0.5) is 13.2 Å². The number of esters is 1. The van der Waals surface area contributed by atoms with Crippen molar-refractivity contribution in [3.05, 3.63) is 12.7 Å². The van der Waals surface area contributed by atoms with E-state index in [4.69, 9.17) is 0 Å². The second kappa shape index (κ2) is 4.13. The van der Waals surface area contributed by atoms with E-state index in [1.807, 2.05) is 0 Å². The van der Waals surface area contributed by atoms with Gasteiger partial charge < -0.3 is 4.74 Å². The maximum absolute atomic E-state index is 11.5. The summed E-state index contributed by atoms with van der Waals surface area (Å²) < 4.78 is 38.7. The molecule has 0 saturated carbocycles. The molecular weight excluding hydrogens is 173 g/mol. The van der Waals surface area contributed by atoms with Crippen molar-refractivity contribution in [1.82, 2.24) is 0 Å². The lowest BCUT2D eigenvalue weighted by Crippen LogP contribution is -2.28. The summed E-state index contributed by atoms with van der Waals surface area (Å²) in [5.41, 5.74) is 0. The lowest BCUT2D eigenvalue weighted by molar-refractivity contribution is -0.203. The number of rotatable bonds is 3. The van der Waals surface area contributed by atoms with Crippen molar-refractivity contribution in [3.63, 3.8) is 0 Å². The summed E-state index contributed by atoms with van der Waals surface area (Å²) in [5, 5.41) is 0. The monoisotopic (exact) mass is 182 g/mol. The quantitative estimate of drug-likeness (QED) is 0.493. The largest absolute Gasteiger partial charge is 0.490 e. The predicted molar refractivity (Wildman–Crippen MR) is 36.4 cm³/mol. The molecule has 0 radical (unpaired) electrons. The zero-order valence-corrected chi connectivity index (χ0v) is 6.52. The minimum atomic E-state index is -4.91. The standard InChI is InChI=1S/C7H9F3O2/c1-3-4-5(2)12-6(11)7(8,9)10/h3,5H,1,4H2,2H3/t5-/m1/s1. The summed E-state index contributed by atoms with van der Waals surface area (Å²) in [7, 11) is 0. The summed E-state index contributed by atoms with van der Waals surface area (Å²) in [6.45, 7) is 4.66. The van der Waals surface area contributed by atoms with Gasteiger partial charge in [0, 0.05) is 6.42 Å². The number of carbonyl (C=O) groups excluding carboxylic acids is 1. The second-order valence-corrected chi connectivity index (χ2v) is 2.24. The van der Waals surface area contributed by atoms with Crippen LogP contribution >= 0.6 is 0 Å². The van der Waals surface area contributed by atoms with E-state index in [0.717, 1.165) is 0 Å². The first-order valence-electron chi connectivity index (χ1n) is 3.26. The molecule has 70 valence electrons. The van der Waals surface area contributed by atoms with E-state index in [1.54, 1.807) is 0 Å². The molecule has 0 heterocycles. The highest BCUT2D eigenvalue weighted by Crippen LogP contribution is 2.17. The Hall–Kier alpha value is -1.00. The van der Waals surface area contributed by atoms with Gasteiger partial charge in [-0.25, -0.2) is 4.79 Å². The van der Waals surface area contributed by atoms with Crippen molar-refractivity contribution in [2.75, 3.05) is 0 Å². The highest BCUT2D eigenvalue weighted by molar-refractivity contribution is 5.75. The molecule has 0 bridgehead atoms. The third-order valence-electron chi connectivity index (χ3n) is 1.04. The van der Waals surface area contributed by atoms with Gasteiger partial charge in [0.15, 0.2) is 0 Å². The fourth-order valence-electron chi connectivity index (χ4n) is 0.532. The molecule has 0 aliphatic carbocycles. The van der Waals surface area contributed by atoms with Crippen LogP contribution < -0.4 is 0 Å². The van der Waals surface area contributed by atoms with Crippen LogP contribution in [-0.4, -0.2) is 18.2 Å². The topological polar surface area (TPSA) is 26.3 Å². The average molecular weight is 182 g/mol. The minimum absolute atomic E-state index is 0.210.